The molecule has 0 saturated carbocycles. The first kappa shape index (κ1) is 32.1. The number of aliphatic hydroxyl groups is 2. The molecule has 5 aromatic rings. The summed E-state index contributed by atoms with van der Waals surface area (Å²) in [7, 11) is 0. The summed E-state index contributed by atoms with van der Waals surface area (Å²) in [6.45, 7) is -1.52. The Bertz CT molecular complexity index is 1830. The Morgan fingerprint density at radius 3 is 2.30 bits per heavy atom. The molecule has 3 aromatic carbocycles. The number of likely N-dealkylation sites (tertiary alicyclic amines) is 1. The van der Waals surface area contributed by atoms with Gasteiger partial charge in [0.15, 0.2) is 12.3 Å². The monoisotopic (exact) mass is 655 g/mol. The van der Waals surface area contributed by atoms with Crippen LogP contribution < -0.4 is 21.1 Å². The van der Waals surface area contributed by atoms with Gasteiger partial charge < -0.3 is 31.3 Å². The number of alkyl halides is 4. The Morgan fingerprint density at radius 1 is 0.936 bits per heavy atom. The molecule has 0 radical (unpaired) electrons. The van der Waals surface area contributed by atoms with E-state index in [2.05, 4.69) is 20.7 Å². The smallest absolute Gasteiger partial charge is 0.422 e. The third-order valence-electron chi connectivity index (χ3n) is 7.61. The Kier molecular flexibility index (Phi) is 8.96. The number of benzene rings is 3. The number of nitrogens with zero attached hydrogens (tertiary/aromatic N) is 4. The van der Waals surface area contributed by atoms with Crippen molar-refractivity contribution >= 4 is 23.0 Å². The van der Waals surface area contributed by atoms with Gasteiger partial charge in [0.25, 0.3) is 0 Å². The largest absolute Gasteiger partial charge is 0.482 e. The minimum absolute atomic E-state index is 0.0186. The number of aliphatic hydroxyl groups excluding tert-OH is 2. The molecule has 6 rings (SSSR count). The molecule has 3 unspecified atom stereocenters. The van der Waals surface area contributed by atoms with Crippen molar-refractivity contribution in [3.8, 4) is 16.9 Å². The van der Waals surface area contributed by atoms with Crippen molar-refractivity contribution in [1.82, 2.24) is 19.5 Å². The van der Waals surface area contributed by atoms with Crippen molar-refractivity contribution in [1.29, 1.82) is 0 Å². The second kappa shape index (κ2) is 13.1. The number of anilines is 3. The number of nitrogens with two attached hydrogens (primary N) is 1. The highest BCUT2D eigenvalue weighted by Gasteiger charge is 2.33. The maximum Gasteiger partial charge on any atom is 0.422 e. The van der Waals surface area contributed by atoms with Crippen LogP contribution in [0.2, 0.25) is 0 Å². The summed E-state index contributed by atoms with van der Waals surface area (Å²) in [6.07, 6.45) is -6.28. The molecule has 1 saturated heterocycles. The number of hydrogen-bond donors (Lipinski definition) is 5. The van der Waals surface area contributed by atoms with E-state index in [1.807, 2.05) is 18.2 Å². The van der Waals surface area contributed by atoms with Crippen LogP contribution in [0.3, 0.4) is 0 Å². The Morgan fingerprint density at radius 2 is 1.62 bits per heavy atom. The molecule has 246 valence electrons. The molecule has 3 heterocycles. The minimum Gasteiger partial charge on any atom is -0.482 e. The summed E-state index contributed by atoms with van der Waals surface area (Å²) in [5, 5.41) is 31.3. The molecule has 6 N–H and O–H groups in total. The second-order valence-corrected chi connectivity index (χ2v) is 11.1. The van der Waals surface area contributed by atoms with Crippen LogP contribution in [0.15, 0.2) is 85.1 Å². The number of nitrogens with one attached hydrogen (secondary N) is 2. The average Bonchev–Trinajstić information content (AvgIpc) is 3.44. The number of pyridine rings is 1. The number of hydrogen-bond acceptors (Lipinski definition) is 9. The summed E-state index contributed by atoms with van der Waals surface area (Å²) in [4.78, 5) is 5.84. The van der Waals surface area contributed by atoms with Gasteiger partial charge >= 0.3 is 6.18 Å². The molecule has 3 atom stereocenters. The molecule has 0 aliphatic carbocycles. The van der Waals surface area contributed by atoms with E-state index in [4.69, 9.17) is 10.5 Å². The van der Waals surface area contributed by atoms with E-state index in [9.17, 15) is 32.2 Å². The molecule has 0 spiro atoms. The Balaban J connectivity index is 1.16. The minimum atomic E-state index is -4.60. The maximum atomic E-state index is 13.3. The fraction of sp³-hybridized carbons (Fsp3) is 0.250. The molecule has 1 aliphatic heterocycles. The van der Waals surface area contributed by atoms with Crippen LogP contribution in [0.1, 0.15) is 23.4 Å². The second-order valence-electron chi connectivity index (χ2n) is 11.1. The van der Waals surface area contributed by atoms with Crippen molar-refractivity contribution in [2.75, 3.05) is 30.3 Å². The van der Waals surface area contributed by atoms with E-state index in [0.717, 1.165) is 11.1 Å². The van der Waals surface area contributed by atoms with Crippen LogP contribution in [0.5, 0.6) is 5.75 Å². The first-order valence-corrected chi connectivity index (χ1v) is 14.5. The third kappa shape index (κ3) is 7.60. The summed E-state index contributed by atoms with van der Waals surface area (Å²) in [6, 6.07) is 19.7. The number of fused-ring (bicyclic) bond motifs is 1. The highest BCUT2D eigenvalue weighted by Crippen LogP contribution is 2.34. The van der Waals surface area contributed by atoms with Crippen LogP contribution in [-0.2, 0) is 0 Å². The predicted molar refractivity (Wildman–Crippen MR) is 164 cm³/mol. The summed E-state index contributed by atoms with van der Waals surface area (Å²) < 4.78 is 72.0. The predicted octanol–water partition coefficient (Wildman–Crippen LogP) is 5.30. The topological polar surface area (TPSA) is 133 Å². The number of aromatic nitrogens is 3. The van der Waals surface area contributed by atoms with Crippen LogP contribution >= 0.6 is 0 Å². The molecule has 0 bridgehead atoms. The van der Waals surface area contributed by atoms with Crippen LogP contribution in [0, 0.1) is 5.82 Å². The quantitative estimate of drug-likeness (QED) is 0.0951. The zero-order chi connectivity index (χ0) is 33.3. The Hall–Kier alpha value is -4.83. The van der Waals surface area contributed by atoms with Crippen molar-refractivity contribution < 1.29 is 36.9 Å². The summed E-state index contributed by atoms with van der Waals surface area (Å²) in [5.74, 6) is -0.502. The zero-order valence-electron chi connectivity index (χ0n) is 24.6. The lowest BCUT2D eigenvalue weighted by atomic mass is 10.1. The van der Waals surface area contributed by atoms with Gasteiger partial charge in [0.2, 0.25) is 5.95 Å². The third-order valence-corrected chi connectivity index (χ3v) is 7.61. The van der Waals surface area contributed by atoms with Gasteiger partial charge in [-0.1, -0.05) is 30.3 Å². The van der Waals surface area contributed by atoms with Crippen molar-refractivity contribution in [2.24, 2.45) is 5.73 Å². The van der Waals surface area contributed by atoms with E-state index in [1.165, 1.54) is 51.9 Å². The van der Waals surface area contributed by atoms with E-state index >= 15 is 0 Å². The standard InChI is InChI=1S/C32H30F5N7O3/c33-22-7-1-19(2-8-22)28(38)29(45)39-24-9-3-18(4-10-24)21-6-12-27-41-31(42-44(27)14-21)40-25-11-5-20(30(46)43-15-23(34)16-43)13-26(25)47-17-32(35,36)37/h1-14,23,28-30,39,45-46H,15-17,38H2,(H,40,42). The normalized spacial score (nSPS) is 16.0. The van der Waals surface area contributed by atoms with Gasteiger partial charge in [0.1, 0.15) is 30.2 Å². The van der Waals surface area contributed by atoms with E-state index in [1.54, 1.807) is 24.4 Å². The van der Waals surface area contributed by atoms with Crippen LogP contribution in [-0.4, -0.2) is 68.0 Å². The average molecular weight is 656 g/mol. The van der Waals surface area contributed by atoms with E-state index in [-0.39, 0.29) is 36.0 Å². The maximum absolute atomic E-state index is 13.3. The van der Waals surface area contributed by atoms with E-state index in [0.29, 0.717) is 16.9 Å². The fourth-order valence-electron chi connectivity index (χ4n) is 5.06. The lowest BCUT2D eigenvalue weighted by Gasteiger charge is -2.38. The van der Waals surface area contributed by atoms with Gasteiger partial charge in [-0.05, 0) is 65.2 Å². The fourth-order valence-corrected chi connectivity index (χ4v) is 5.06. The molecule has 0 amide bonds. The zero-order valence-corrected chi connectivity index (χ0v) is 24.6. The van der Waals surface area contributed by atoms with Crippen molar-refractivity contribution in [2.45, 2.75) is 30.8 Å². The molecule has 1 fully saturated rings. The van der Waals surface area contributed by atoms with Crippen LogP contribution in [0.25, 0.3) is 16.8 Å². The van der Waals surface area contributed by atoms with Gasteiger partial charge in [-0.2, -0.15) is 18.2 Å². The first-order valence-electron chi connectivity index (χ1n) is 14.5. The summed E-state index contributed by atoms with van der Waals surface area (Å²) in [5.41, 5.74) is 9.72. The van der Waals surface area contributed by atoms with Crippen molar-refractivity contribution in [3.05, 3.63) is 102 Å². The molecule has 2 aromatic heterocycles. The number of halogens is 5. The molecule has 47 heavy (non-hydrogen) atoms. The molecule has 10 nitrogen and oxygen atoms in total. The van der Waals surface area contributed by atoms with Crippen LogP contribution in [0.4, 0.5) is 39.3 Å². The van der Waals surface area contributed by atoms with Gasteiger partial charge in [-0.25, -0.2) is 13.3 Å². The lowest BCUT2D eigenvalue weighted by Crippen LogP contribution is -2.49. The van der Waals surface area contributed by atoms with Crippen molar-refractivity contribution in [3.63, 3.8) is 0 Å². The number of rotatable bonds is 11. The molecule has 1 aliphatic rings. The van der Waals surface area contributed by atoms with Gasteiger partial charge in [0, 0.05) is 30.5 Å². The lowest BCUT2D eigenvalue weighted by molar-refractivity contribution is -0.153. The molecule has 15 heteroatoms. The van der Waals surface area contributed by atoms with Gasteiger partial charge in [0.05, 0.1) is 11.7 Å². The van der Waals surface area contributed by atoms with E-state index < -0.39 is 43.3 Å². The first-order chi connectivity index (χ1) is 22.4. The Labute approximate surface area is 265 Å². The van der Waals surface area contributed by atoms with Gasteiger partial charge in [-0.3, -0.25) is 4.90 Å². The van der Waals surface area contributed by atoms with Gasteiger partial charge in [-0.15, -0.1) is 5.10 Å². The molecular formula is C32H30F5N7O3. The SMILES string of the molecule is NC(c1ccc(F)cc1)C(O)Nc1ccc(-c2ccc3nc(Nc4ccc(C(O)N5CC(F)C5)cc4OCC(F)(F)F)nn3c2)cc1. The highest BCUT2D eigenvalue weighted by atomic mass is 19.4. The summed E-state index contributed by atoms with van der Waals surface area (Å²) >= 11 is 0. The number of ether oxygens (including phenoxy) is 1. The highest BCUT2D eigenvalue weighted by molar-refractivity contribution is 5.68. The molecular weight excluding hydrogens is 625 g/mol.